The Balaban J connectivity index is 2.07. The van der Waals surface area contributed by atoms with E-state index in [9.17, 15) is 4.79 Å². The van der Waals surface area contributed by atoms with Crippen LogP contribution in [0.2, 0.25) is 0 Å². The molecule has 1 N–H and O–H groups in total. The molecular weight excluding hydrogens is 310 g/mol. The summed E-state index contributed by atoms with van der Waals surface area (Å²) in [7, 11) is 0. The van der Waals surface area contributed by atoms with Gasteiger partial charge >= 0.3 is 0 Å². The van der Waals surface area contributed by atoms with Crippen molar-refractivity contribution < 1.29 is 4.79 Å². The fraction of sp³-hybridized carbons (Fsp3) is 0.462. The summed E-state index contributed by atoms with van der Waals surface area (Å²) in [5.74, 6) is 0.287. The van der Waals surface area contributed by atoms with E-state index in [4.69, 9.17) is 0 Å². The summed E-state index contributed by atoms with van der Waals surface area (Å²) in [6.07, 6.45) is 4.63. The summed E-state index contributed by atoms with van der Waals surface area (Å²) < 4.78 is 1.12. The fourth-order valence-electron chi connectivity index (χ4n) is 2.37. The van der Waals surface area contributed by atoms with Gasteiger partial charge in [0, 0.05) is 18.5 Å². The summed E-state index contributed by atoms with van der Waals surface area (Å²) in [6.45, 7) is 2.88. The molecule has 0 bridgehead atoms. The van der Waals surface area contributed by atoms with Crippen LogP contribution in [-0.4, -0.2) is 28.8 Å². The number of carbonyl (C=O) groups excluding carboxylic acids is 1. The van der Waals surface area contributed by atoms with Crippen molar-refractivity contribution in [1.82, 2.24) is 10.2 Å². The van der Waals surface area contributed by atoms with E-state index < -0.39 is 0 Å². The van der Waals surface area contributed by atoms with E-state index in [1.807, 2.05) is 13.2 Å². The van der Waals surface area contributed by atoms with Gasteiger partial charge in [0.1, 0.15) is 0 Å². The lowest BCUT2D eigenvalue weighted by Gasteiger charge is -2.11. The smallest absolute Gasteiger partial charge is 0.206 e. The van der Waals surface area contributed by atoms with Crippen molar-refractivity contribution in [1.29, 1.82) is 0 Å². The largest absolute Gasteiger partial charge is 0.360 e. The number of Topliss-reactive ketones (excluding diaryl/α,β-unsaturated/α-hetero) is 1. The van der Waals surface area contributed by atoms with E-state index in [0.717, 1.165) is 44.2 Å². The number of nitrogens with one attached hydrogen (secondary N) is 1. The zero-order valence-corrected chi connectivity index (χ0v) is 13.8. The topological polar surface area (TPSA) is 54.9 Å². The highest BCUT2D eigenvalue weighted by Gasteiger charge is 2.28. The number of hydrogen-bond acceptors (Lipinski definition) is 7. The molecule has 0 fully saturated rings. The number of carbonyl (C=O) groups is 1. The molecule has 0 atom stereocenters. The first-order valence-corrected chi connectivity index (χ1v) is 9.41. The van der Waals surface area contributed by atoms with Gasteiger partial charge in [-0.05, 0) is 31.6 Å². The number of fused-ring (bicyclic) bond motifs is 1. The molecule has 1 aliphatic rings. The number of ketones is 1. The van der Waals surface area contributed by atoms with Crippen LogP contribution in [-0.2, 0) is 6.42 Å². The molecule has 0 saturated heterocycles. The van der Waals surface area contributed by atoms with Gasteiger partial charge < -0.3 is 5.32 Å². The molecular formula is C13H15N3OS3. The average Bonchev–Trinajstić information content (AvgIpc) is 3.04. The van der Waals surface area contributed by atoms with Crippen molar-refractivity contribution in [2.45, 2.75) is 30.4 Å². The van der Waals surface area contributed by atoms with Crippen LogP contribution in [0.15, 0.2) is 4.21 Å². The lowest BCUT2D eigenvalue weighted by molar-refractivity contribution is 0.0970. The molecule has 0 radical (unpaired) electrons. The minimum absolute atomic E-state index is 0.287. The molecule has 0 saturated carbocycles. The molecule has 2 aromatic rings. The Morgan fingerprint density at radius 3 is 2.90 bits per heavy atom. The maximum absolute atomic E-state index is 12.2. The maximum Gasteiger partial charge on any atom is 0.206 e. The van der Waals surface area contributed by atoms with E-state index >= 15 is 0 Å². The van der Waals surface area contributed by atoms with E-state index in [-0.39, 0.29) is 5.78 Å². The third kappa shape index (κ3) is 2.38. The predicted octanol–water partition coefficient (Wildman–Crippen LogP) is 3.94. The Labute approximate surface area is 130 Å². The maximum atomic E-state index is 12.2. The quantitative estimate of drug-likeness (QED) is 0.863. The lowest BCUT2D eigenvalue weighted by atomic mass is 9.93. The molecule has 0 spiro atoms. The van der Waals surface area contributed by atoms with Crippen LogP contribution in [0, 0.1) is 0 Å². The molecule has 0 unspecified atom stereocenters. The molecule has 0 amide bonds. The highest BCUT2D eigenvalue weighted by atomic mass is 32.2. The van der Waals surface area contributed by atoms with E-state index in [2.05, 4.69) is 15.5 Å². The number of aromatic nitrogens is 2. The van der Waals surface area contributed by atoms with Crippen molar-refractivity contribution in [3.8, 4) is 9.88 Å². The second kappa shape index (κ2) is 5.83. The zero-order valence-electron chi connectivity index (χ0n) is 11.4. The van der Waals surface area contributed by atoms with Gasteiger partial charge in [0.25, 0.3) is 0 Å². The number of anilines is 1. The van der Waals surface area contributed by atoms with Crippen molar-refractivity contribution >= 4 is 45.4 Å². The molecule has 0 aliphatic heterocycles. The summed E-state index contributed by atoms with van der Waals surface area (Å²) in [4.78, 5) is 13.3. The Morgan fingerprint density at radius 1 is 1.30 bits per heavy atom. The predicted molar refractivity (Wildman–Crippen MR) is 86.4 cm³/mol. The molecule has 106 valence electrons. The number of nitrogens with zero attached hydrogens (tertiary/aromatic N) is 2. The number of rotatable bonds is 4. The van der Waals surface area contributed by atoms with Gasteiger partial charge in [-0.25, -0.2) is 0 Å². The lowest BCUT2D eigenvalue weighted by Crippen LogP contribution is -2.09. The molecule has 3 rings (SSSR count). The molecule has 4 nitrogen and oxygen atoms in total. The Hall–Kier alpha value is -0.920. The van der Waals surface area contributed by atoms with Crippen molar-refractivity contribution in [2.75, 3.05) is 18.1 Å². The first-order chi connectivity index (χ1) is 9.74. The van der Waals surface area contributed by atoms with Crippen molar-refractivity contribution in [2.24, 2.45) is 0 Å². The second-order valence-electron chi connectivity index (χ2n) is 4.50. The summed E-state index contributed by atoms with van der Waals surface area (Å²) in [5, 5.41) is 13.4. The van der Waals surface area contributed by atoms with Crippen LogP contribution in [0.25, 0.3) is 9.88 Å². The van der Waals surface area contributed by atoms with Crippen LogP contribution >= 0.6 is 34.4 Å². The van der Waals surface area contributed by atoms with Crippen LogP contribution < -0.4 is 5.32 Å². The van der Waals surface area contributed by atoms with Gasteiger partial charge in [-0.1, -0.05) is 11.3 Å². The zero-order chi connectivity index (χ0) is 14.1. The van der Waals surface area contributed by atoms with Gasteiger partial charge in [-0.2, -0.15) is 0 Å². The van der Waals surface area contributed by atoms with E-state index in [1.165, 1.54) is 5.56 Å². The van der Waals surface area contributed by atoms with Gasteiger partial charge in [-0.3, -0.25) is 4.79 Å². The summed E-state index contributed by atoms with van der Waals surface area (Å²) >= 11 is 4.91. The molecule has 1 aliphatic carbocycles. The van der Waals surface area contributed by atoms with Crippen LogP contribution in [0.5, 0.6) is 0 Å². The van der Waals surface area contributed by atoms with Gasteiger partial charge in [0.05, 0.1) is 9.09 Å². The highest BCUT2D eigenvalue weighted by Crippen LogP contribution is 2.45. The molecule has 20 heavy (non-hydrogen) atoms. The van der Waals surface area contributed by atoms with E-state index in [0.29, 0.717) is 6.42 Å². The minimum Gasteiger partial charge on any atom is -0.360 e. The second-order valence-corrected chi connectivity index (χ2v) is 7.57. The normalized spacial score (nSPS) is 14.4. The number of thiophene rings is 1. The standard InChI is InChI=1S/C13H15N3OS3/c1-3-14-13-16-15-11(20-13)10-7-5-4-6-8(17)9(7)12(18-2)19-10/h3-6H2,1-2H3,(H,14,16). The highest BCUT2D eigenvalue weighted by molar-refractivity contribution is 8.00. The third-order valence-corrected chi connectivity index (χ3v) is 6.60. The number of hydrogen-bond donors (Lipinski definition) is 1. The Morgan fingerprint density at radius 2 is 2.15 bits per heavy atom. The average molecular weight is 325 g/mol. The molecule has 2 heterocycles. The van der Waals surface area contributed by atoms with Crippen LogP contribution in [0.3, 0.4) is 0 Å². The van der Waals surface area contributed by atoms with Crippen molar-refractivity contribution in [3.63, 3.8) is 0 Å². The summed E-state index contributed by atoms with van der Waals surface area (Å²) in [5.41, 5.74) is 2.14. The van der Waals surface area contributed by atoms with Crippen molar-refractivity contribution in [3.05, 3.63) is 11.1 Å². The van der Waals surface area contributed by atoms with Crippen LogP contribution in [0.1, 0.15) is 35.7 Å². The summed E-state index contributed by atoms with van der Waals surface area (Å²) in [6, 6.07) is 0. The van der Waals surface area contributed by atoms with Gasteiger partial charge in [0.2, 0.25) is 5.13 Å². The third-order valence-electron chi connectivity index (χ3n) is 3.22. The SMILES string of the molecule is CCNc1nnc(-c2sc(SC)c3c2CCCC3=O)s1. The molecule has 2 aromatic heterocycles. The van der Waals surface area contributed by atoms with Crippen LogP contribution in [0.4, 0.5) is 5.13 Å². The Kier molecular flexibility index (Phi) is 4.09. The fourth-order valence-corrected chi connectivity index (χ4v) is 5.40. The molecule has 0 aromatic carbocycles. The van der Waals surface area contributed by atoms with Gasteiger partial charge in [-0.15, -0.1) is 33.3 Å². The van der Waals surface area contributed by atoms with E-state index in [1.54, 1.807) is 34.4 Å². The first-order valence-electron chi connectivity index (χ1n) is 6.55. The first kappa shape index (κ1) is 14.0. The minimum atomic E-state index is 0.287. The molecule has 7 heteroatoms. The monoisotopic (exact) mass is 325 g/mol. The number of thioether (sulfide) groups is 1. The van der Waals surface area contributed by atoms with Gasteiger partial charge in [0.15, 0.2) is 10.8 Å². The Bertz CT molecular complexity index is 647.